The molecule has 2 rings (SSSR count). The number of hydrogen-bond acceptors (Lipinski definition) is 3. The highest BCUT2D eigenvalue weighted by atomic mass is 16.5. The van der Waals surface area contributed by atoms with Crippen molar-refractivity contribution in [3.05, 3.63) is 53.3 Å². The summed E-state index contributed by atoms with van der Waals surface area (Å²) in [5.41, 5.74) is 3.42. The average molecular weight is 270 g/mol. The molecule has 0 saturated carbocycles. The van der Waals surface area contributed by atoms with Gasteiger partial charge in [-0.2, -0.15) is 0 Å². The zero-order valence-electron chi connectivity index (χ0n) is 12.6. The standard InChI is InChI=1S/C17H22N2O/c1-5-18-14(4)16-10-9-15(11-19-16)20-17-8-6-7-12(2)13(17)3/h6-11,14,18H,5H2,1-4H3. The van der Waals surface area contributed by atoms with E-state index in [0.717, 1.165) is 29.3 Å². The predicted molar refractivity (Wildman–Crippen MR) is 82.3 cm³/mol. The minimum Gasteiger partial charge on any atom is -0.455 e. The van der Waals surface area contributed by atoms with Gasteiger partial charge in [-0.15, -0.1) is 0 Å². The van der Waals surface area contributed by atoms with Crippen LogP contribution in [0.15, 0.2) is 36.5 Å². The fraction of sp³-hybridized carbons (Fsp3) is 0.353. The molecule has 1 N–H and O–H groups in total. The minimum absolute atomic E-state index is 0.259. The van der Waals surface area contributed by atoms with E-state index < -0.39 is 0 Å². The first kappa shape index (κ1) is 14.5. The first-order valence-electron chi connectivity index (χ1n) is 7.05. The second kappa shape index (κ2) is 6.53. The van der Waals surface area contributed by atoms with Gasteiger partial charge in [-0.05, 0) is 56.6 Å². The zero-order chi connectivity index (χ0) is 14.5. The van der Waals surface area contributed by atoms with Gasteiger partial charge in [0, 0.05) is 6.04 Å². The topological polar surface area (TPSA) is 34.1 Å². The van der Waals surface area contributed by atoms with E-state index in [1.807, 2.05) is 24.3 Å². The number of aryl methyl sites for hydroxylation is 1. The summed E-state index contributed by atoms with van der Waals surface area (Å²) in [6, 6.07) is 10.3. The Kier molecular flexibility index (Phi) is 4.74. The van der Waals surface area contributed by atoms with Gasteiger partial charge >= 0.3 is 0 Å². The molecule has 3 heteroatoms. The van der Waals surface area contributed by atoms with Crippen LogP contribution in [0.1, 0.15) is 36.7 Å². The molecule has 3 nitrogen and oxygen atoms in total. The first-order chi connectivity index (χ1) is 9.61. The van der Waals surface area contributed by atoms with E-state index in [-0.39, 0.29) is 6.04 Å². The Hall–Kier alpha value is -1.87. The van der Waals surface area contributed by atoms with Crippen molar-refractivity contribution in [2.75, 3.05) is 6.54 Å². The summed E-state index contributed by atoms with van der Waals surface area (Å²) in [5.74, 6) is 1.66. The van der Waals surface area contributed by atoms with E-state index >= 15 is 0 Å². The van der Waals surface area contributed by atoms with E-state index in [4.69, 9.17) is 4.74 Å². The summed E-state index contributed by atoms with van der Waals surface area (Å²) in [7, 11) is 0. The third kappa shape index (κ3) is 3.36. The van der Waals surface area contributed by atoms with Gasteiger partial charge in [0.2, 0.25) is 0 Å². The van der Waals surface area contributed by atoms with Crippen LogP contribution < -0.4 is 10.1 Å². The van der Waals surface area contributed by atoms with Crippen LogP contribution in [0.5, 0.6) is 11.5 Å². The molecular weight excluding hydrogens is 248 g/mol. The largest absolute Gasteiger partial charge is 0.455 e. The molecule has 0 saturated heterocycles. The monoisotopic (exact) mass is 270 g/mol. The number of rotatable bonds is 5. The van der Waals surface area contributed by atoms with Gasteiger partial charge in [-0.25, -0.2) is 0 Å². The van der Waals surface area contributed by atoms with Crippen LogP contribution in [0.3, 0.4) is 0 Å². The van der Waals surface area contributed by atoms with Crippen LogP contribution in [-0.2, 0) is 0 Å². The van der Waals surface area contributed by atoms with E-state index in [1.54, 1.807) is 6.20 Å². The van der Waals surface area contributed by atoms with E-state index in [9.17, 15) is 0 Å². The molecular formula is C17H22N2O. The molecule has 0 bridgehead atoms. The summed E-state index contributed by atoms with van der Waals surface area (Å²) in [6.07, 6.45) is 1.78. The van der Waals surface area contributed by atoms with Crippen LogP contribution in [0.25, 0.3) is 0 Å². The Balaban J connectivity index is 2.13. The average Bonchev–Trinajstić information content (AvgIpc) is 2.45. The van der Waals surface area contributed by atoms with E-state index in [0.29, 0.717) is 0 Å². The number of nitrogens with one attached hydrogen (secondary N) is 1. The summed E-state index contributed by atoms with van der Waals surface area (Å²) in [5, 5.41) is 3.34. The van der Waals surface area contributed by atoms with Gasteiger partial charge in [0.1, 0.15) is 11.5 Å². The van der Waals surface area contributed by atoms with Gasteiger partial charge in [0.15, 0.2) is 0 Å². The fourth-order valence-corrected chi connectivity index (χ4v) is 2.08. The van der Waals surface area contributed by atoms with Crippen molar-refractivity contribution < 1.29 is 4.74 Å². The molecule has 1 atom stereocenters. The number of nitrogens with zero attached hydrogens (tertiary/aromatic N) is 1. The van der Waals surface area contributed by atoms with Crippen LogP contribution in [-0.4, -0.2) is 11.5 Å². The molecule has 1 aromatic carbocycles. The third-order valence-corrected chi connectivity index (χ3v) is 3.50. The van der Waals surface area contributed by atoms with Crippen LogP contribution >= 0.6 is 0 Å². The van der Waals surface area contributed by atoms with Crippen molar-refractivity contribution in [3.63, 3.8) is 0 Å². The number of ether oxygens (including phenoxy) is 1. The van der Waals surface area contributed by atoms with Crippen molar-refractivity contribution in [2.24, 2.45) is 0 Å². The molecule has 2 aromatic rings. The molecule has 0 aliphatic carbocycles. The maximum atomic E-state index is 5.90. The first-order valence-corrected chi connectivity index (χ1v) is 7.05. The second-order valence-corrected chi connectivity index (χ2v) is 5.00. The van der Waals surface area contributed by atoms with Gasteiger partial charge < -0.3 is 10.1 Å². The van der Waals surface area contributed by atoms with Crippen molar-refractivity contribution in [3.8, 4) is 11.5 Å². The van der Waals surface area contributed by atoms with Crippen molar-refractivity contribution in [1.29, 1.82) is 0 Å². The normalized spacial score (nSPS) is 12.2. The molecule has 0 amide bonds. The van der Waals surface area contributed by atoms with Gasteiger partial charge in [0.05, 0.1) is 11.9 Å². The summed E-state index contributed by atoms with van der Waals surface area (Å²) in [4.78, 5) is 4.46. The van der Waals surface area contributed by atoms with Crippen LogP contribution in [0.2, 0.25) is 0 Å². The predicted octanol–water partition coefficient (Wildman–Crippen LogP) is 4.16. The van der Waals surface area contributed by atoms with Crippen LogP contribution in [0.4, 0.5) is 0 Å². The lowest BCUT2D eigenvalue weighted by Crippen LogP contribution is -2.18. The van der Waals surface area contributed by atoms with Crippen molar-refractivity contribution in [2.45, 2.75) is 33.7 Å². The third-order valence-electron chi connectivity index (χ3n) is 3.50. The van der Waals surface area contributed by atoms with E-state index in [1.165, 1.54) is 5.56 Å². The number of benzene rings is 1. The molecule has 0 aliphatic rings. The Bertz CT molecular complexity index is 564. The summed E-state index contributed by atoms with van der Waals surface area (Å²) < 4.78 is 5.90. The summed E-state index contributed by atoms with van der Waals surface area (Å²) in [6.45, 7) is 9.29. The van der Waals surface area contributed by atoms with Gasteiger partial charge in [0.25, 0.3) is 0 Å². The summed E-state index contributed by atoms with van der Waals surface area (Å²) >= 11 is 0. The number of aromatic nitrogens is 1. The molecule has 1 heterocycles. The molecule has 0 aliphatic heterocycles. The molecule has 0 spiro atoms. The van der Waals surface area contributed by atoms with E-state index in [2.05, 4.69) is 44.1 Å². The lowest BCUT2D eigenvalue weighted by Gasteiger charge is -2.13. The molecule has 20 heavy (non-hydrogen) atoms. The maximum absolute atomic E-state index is 5.90. The lowest BCUT2D eigenvalue weighted by molar-refractivity contribution is 0.474. The highest BCUT2D eigenvalue weighted by Crippen LogP contribution is 2.26. The van der Waals surface area contributed by atoms with Crippen molar-refractivity contribution in [1.82, 2.24) is 10.3 Å². The molecule has 0 radical (unpaired) electrons. The Labute approximate surface area is 121 Å². The minimum atomic E-state index is 0.259. The molecule has 0 fully saturated rings. The van der Waals surface area contributed by atoms with Gasteiger partial charge in [-0.3, -0.25) is 4.98 Å². The highest BCUT2D eigenvalue weighted by Gasteiger charge is 2.07. The molecule has 106 valence electrons. The molecule has 1 aromatic heterocycles. The smallest absolute Gasteiger partial charge is 0.145 e. The SMILES string of the molecule is CCNC(C)c1ccc(Oc2cccc(C)c2C)cn1. The van der Waals surface area contributed by atoms with Gasteiger partial charge in [-0.1, -0.05) is 19.1 Å². The number of hydrogen-bond donors (Lipinski definition) is 1. The Morgan fingerprint density at radius 2 is 2.00 bits per heavy atom. The zero-order valence-corrected chi connectivity index (χ0v) is 12.6. The number of pyridine rings is 1. The fourth-order valence-electron chi connectivity index (χ4n) is 2.08. The maximum Gasteiger partial charge on any atom is 0.145 e. The van der Waals surface area contributed by atoms with Crippen LogP contribution in [0, 0.1) is 13.8 Å². The Morgan fingerprint density at radius 3 is 2.65 bits per heavy atom. The van der Waals surface area contributed by atoms with Crippen molar-refractivity contribution >= 4 is 0 Å². The lowest BCUT2D eigenvalue weighted by atomic mass is 10.1. The second-order valence-electron chi connectivity index (χ2n) is 5.00. The highest BCUT2D eigenvalue weighted by molar-refractivity contribution is 5.41. The Morgan fingerprint density at radius 1 is 1.20 bits per heavy atom. The molecule has 1 unspecified atom stereocenters. The quantitative estimate of drug-likeness (QED) is 0.885.